The lowest BCUT2D eigenvalue weighted by atomic mass is 9.83. The van der Waals surface area contributed by atoms with Gasteiger partial charge in [0.15, 0.2) is 0 Å². The first-order valence-electron chi connectivity index (χ1n) is 9.52. The van der Waals surface area contributed by atoms with Crippen LogP contribution in [0.15, 0.2) is 54.6 Å². The number of para-hydroxylation sites is 1. The normalized spacial score (nSPS) is 19.4. The number of amides is 3. The molecule has 1 aliphatic heterocycles. The van der Waals surface area contributed by atoms with Gasteiger partial charge in [-0.1, -0.05) is 48.0 Å². The second-order valence-corrected chi connectivity index (χ2v) is 7.14. The summed E-state index contributed by atoms with van der Waals surface area (Å²) < 4.78 is 0. The van der Waals surface area contributed by atoms with Gasteiger partial charge in [0.05, 0.1) is 5.92 Å². The van der Waals surface area contributed by atoms with E-state index in [4.69, 9.17) is 0 Å². The molecule has 5 nitrogen and oxygen atoms in total. The van der Waals surface area contributed by atoms with Crippen molar-refractivity contribution in [3.63, 3.8) is 0 Å². The monoisotopic (exact) mass is 365 g/mol. The van der Waals surface area contributed by atoms with Gasteiger partial charge in [0.25, 0.3) is 0 Å². The van der Waals surface area contributed by atoms with Crippen LogP contribution in [0.1, 0.15) is 30.4 Å². The maximum absolute atomic E-state index is 12.9. The maximum Gasteiger partial charge on any atom is 0.317 e. The predicted octanol–water partition coefficient (Wildman–Crippen LogP) is 3.77. The Balaban J connectivity index is 1.79. The third-order valence-electron chi connectivity index (χ3n) is 4.99. The van der Waals surface area contributed by atoms with E-state index in [0.717, 1.165) is 12.1 Å². The molecule has 2 N–H and O–H groups in total. The Morgan fingerprint density at radius 2 is 1.85 bits per heavy atom. The minimum atomic E-state index is -0.243. The van der Waals surface area contributed by atoms with Crippen LogP contribution in [0.5, 0.6) is 0 Å². The predicted molar refractivity (Wildman–Crippen MR) is 108 cm³/mol. The molecule has 0 aliphatic carbocycles. The van der Waals surface area contributed by atoms with Crippen molar-refractivity contribution in [1.29, 1.82) is 0 Å². The number of nitrogens with zero attached hydrogens (tertiary/aromatic N) is 1. The summed E-state index contributed by atoms with van der Waals surface area (Å²) in [6.45, 7) is 5.61. The molecular formula is C22H27N3O2. The van der Waals surface area contributed by atoms with Crippen LogP contribution in [-0.2, 0) is 4.79 Å². The number of piperidine rings is 1. The zero-order valence-electron chi connectivity index (χ0n) is 15.9. The number of benzene rings is 2. The standard InChI is InChI=1S/C22H27N3O2/c1-3-23-22(27)25-14-18(17-9-7-8-16(2)12-17)13-19(15-25)21(26)24-20-10-5-4-6-11-20/h4-12,18-19H,3,13-15H2,1-2H3,(H,23,27)(H,24,26). The molecule has 142 valence electrons. The minimum Gasteiger partial charge on any atom is -0.338 e. The van der Waals surface area contributed by atoms with E-state index < -0.39 is 0 Å². The van der Waals surface area contributed by atoms with Crippen molar-refractivity contribution in [2.24, 2.45) is 5.92 Å². The summed E-state index contributed by atoms with van der Waals surface area (Å²) >= 11 is 0. The van der Waals surface area contributed by atoms with Gasteiger partial charge in [0.2, 0.25) is 5.91 Å². The van der Waals surface area contributed by atoms with Crippen molar-refractivity contribution in [3.05, 3.63) is 65.7 Å². The smallest absolute Gasteiger partial charge is 0.317 e. The van der Waals surface area contributed by atoms with Crippen LogP contribution in [-0.4, -0.2) is 36.5 Å². The van der Waals surface area contributed by atoms with Gasteiger partial charge >= 0.3 is 6.03 Å². The van der Waals surface area contributed by atoms with Crippen molar-refractivity contribution in [2.75, 3.05) is 25.0 Å². The first kappa shape index (κ1) is 19.0. The molecule has 1 heterocycles. The van der Waals surface area contributed by atoms with E-state index in [0.29, 0.717) is 19.6 Å². The van der Waals surface area contributed by atoms with Crippen LogP contribution in [0, 0.1) is 12.8 Å². The lowest BCUT2D eigenvalue weighted by Gasteiger charge is -2.37. The third kappa shape index (κ3) is 4.88. The molecule has 1 fully saturated rings. The highest BCUT2D eigenvalue weighted by atomic mass is 16.2. The van der Waals surface area contributed by atoms with Gasteiger partial charge in [-0.15, -0.1) is 0 Å². The van der Waals surface area contributed by atoms with E-state index in [2.05, 4.69) is 35.8 Å². The number of hydrogen-bond donors (Lipinski definition) is 2. The molecule has 2 atom stereocenters. The van der Waals surface area contributed by atoms with Crippen molar-refractivity contribution < 1.29 is 9.59 Å². The molecule has 0 radical (unpaired) electrons. The van der Waals surface area contributed by atoms with Crippen LogP contribution >= 0.6 is 0 Å². The molecule has 2 aromatic carbocycles. The van der Waals surface area contributed by atoms with Gasteiger partial charge in [0.1, 0.15) is 0 Å². The first-order valence-corrected chi connectivity index (χ1v) is 9.52. The lowest BCUT2D eigenvalue weighted by Crippen LogP contribution is -2.50. The molecule has 0 saturated carbocycles. The number of carbonyl (C=O) groups excluding carboxylic acids is 2. The Morgan fingerprint density at radius 1 is 1.07 bits per heavy atom. The first-order chi connectivity index (χ1) is 13.1. The van der Waals surface area contributed by atoms with Crippen molar-refractivity contribution in [2.45, 2.75) is 26.2 Å². The van der Waals surface area contributed by atoms with Gasteiger partial charge in [-0.05, 0) is 38.0 Å². The fourth-order valence-electron chi connectivity index (χ4n) is 3.65. The molecule has 3 amide bonds. The summed E-state index contributed by atoms with van der Waals surface area (Å²) in [6, 6.07) is 17.7. The van der Waals surface area contributed by atoms with Crippen LogP contribution < -0.4 is 10.6 Å². The van der Waals surface area contributed by atoms with E-state index in [1.165, 1.54) is 11.1 Å². The molecular weight excluding hydrogens is 338 g/mol. The molecule has 2 unspecified atom stereocenters. The largest absolute Gasteiger partial charge is 0.338 e. The number of rotatable bonds is 4. The highest BCUT2D eigenvalue weighted by Gasteiger charge is 2.34. The second-order valence-electron chi connectivity index (χ2n) is 7.14. The number of likely N-dealkylation sites (tertiary alicyclic amines) is 1. The highest BCUT2D eigenvalue weighted by molar-refractivity contribution is 5.93. The fourth-order valence-corrected chi connectivity index (χ4v) is 3.65. The van der Waals surface area contributed by atoms with E-state index in [1.54, 1.807) is 4.90 Å². The molecule has 3 rings (SSSR count). The van der Waals surface area contributed by atoms with E-state index in [-0.39, 0.29) is 23.8 Å². The summed E-state index contributed by atoms with van der Waals surface area (Å²) in [5.74, 6) is -0.132. The number of aryl methyl sites for hydroxylation is 1. The molecule has 1 aliphatic rings. The van der Waals surface area contributed by atoms with Crippen LogP contribution in [0.4, 0.5) is 10.5 Å². The summed E-state index contributed by atoms with van der Waals surface area (Å²) in [6.07, 6.45) is 0.734. The second kappa shape index (κ2) is 8.71. The zero-order chi connectivity index (χ0) is 19.2. The van der Waals surface area contributed by atoms with Crippen molar-refractivity contribution >= 4 is 17.6 Å². The van der Waals surface area contributed by atoms with Crippen molar-refractivity contribution in [3.8, 4) is 0 Å². The maximum atomic E-state index is 12.9. The van der Waals surface area contributed by atoms with E-state index >= 15 is 0 Å². The summed E-state index contributed by atoms with van der Waals surface area (Å²) in [5, 5.41) is 5.85. The molecule has 5 heteroatoms. The Labute approximate surface area is 160 Å². The van der Waals surface area contributed by atoms with Gasteiger partial charge in [0, 0.05) is 31.2 Å². The number of hydrogen-bond acceptors (Lipinski definition) is 2. The number of anilines is 1. The average Bonchev–Trinajstić information content (AvgIpc) is 2.68. The van der Waals surface area contributed by atoms with Gasteiger partial charge in [-0.3, -0.25) is 4.79 Å². The third-order valence-corrected chi connectivity index (χ3v) is 4.99. The summed E-state index contributed by atoms with van der Waals surface area (Å²) in [4.78, 5) is 27.1. The number of nitrogens with one attached hydrogen (secondary N) is 2. The van der Waals surface area contributed by atoms with E-state index in [1.807, 2.05) is 43.3 Å². The molecule has 1 saturated heterocycles. The fraction of sp³-hybridized carbons (Fsp3) is 0.364. The molecule has 0 aromatic heterocycles. The Morgan fingerprint density at radius 3 is 2.56 bits per heavy atom. The van der Waals surface area contributed by atoms with Crippen molar-refractivity contribution in [1.82, 2.24) is 10.2 Å². The molecule has 2 aromatic rings. The quantitative estimate of drug-likeness (QED) is 0.866. The Kier molecular flexibility index (Phi) is 6.12. The zero-order valence-corrected chi connectivity index (χ0v) is 15.9. The number of urea groups is 1. The van der Waals surface area contributed by atoms with E-state index in [9.17, 15) is 9.59 Å². The minimum absolute atomic E-state index is 0.0344. The van der Waals surface area contributed by atoms with Gasteiger partial charge in [-0.25, -0.2) is 4.79 Å². The van der Waals surface area contributed by atoms with Gasteiger partial charge < -0.3 is 15.5 Å². The van der Waals surface area contributed by atoms with Gasteiger partial charge in [-0.2, -0.15) is 0 Å². The SMILES string of the molecule is CCNC(=O)N1CC(C(=O)Nc2ccccc2)CC(c2cccc(C)c2)C1. The highest BCUT2D eigenvalue weighted by Crippen LogP contribution is 2.31. The van der Waals surface area contributed by atoms with Crippen LogP contribution in [0.3, 0.4) is 0 Å². The topological polar surface area (TPSA) is 61.4 Å². The Bertz CT molecular complexity index is 791. The molecule has 27 heavy (non-hydrogen) atoms. The average molecular weight is 365 g/mol. The number of carbonyl (C=O) groups is 2. The molecule has 0 bridgehead atoms. The van der Waals surface area contributed by atoms with Crippen LogP contribution in [0.2, 0.25) is 0 Å². The van der Waals surface area contributed by atoms with Crippen LogP contribution in [0.25, 0.3) is 0 Å². The summed E-state index contributed by atoms with van der Waals surface area (Å²) in [5.41, 5.74) is 3.15. The summed E-state index contributed by atoms with van der Waals surface area (Å²) in [7, 11) is 0. The lowest BCUT2D eigenvalue weighted by molar-refractivity contribution is -0.121. The molecule has 0 spiro atoms. The Hall–Kier alpha value is -2.82.